The minimum absolute atomic E-state index is 0.0383. The molecule has 0 radical (unpaired) electrons. The van der Waals surface area contributed by atoms with Crippen molar-refractivity contribution in [3.63, 3.8) is 0 Å². The Hall–Kier alpha value is -2.04. The molecule has 0 spiro atoms. The Kier molecular flexibility index (Phi) is 5.50. The van der Waals surface area contributed by atoms with Gasteiger partial charge in [0.05, 0.1) is 16.8 Å². The number of nitrogens with zero attached hydrogens (tertiary/aromatic N) is 5. The number of carbonyl (C=O) groups is 1. The maximum atomic E-state index is 12.5. The molecular formula is C22H26N6OS3. The first-order valence-electron chi connectivity index (χ1n) is 10.8. The van der Waals surface area contributed by atoms with E-state index in [0.717, 1.165) is 40.2 Å². The smallest absolute Gasteiger partial charge is 0.236 e. The fourth-order valence-electron chi connectivity index (χ4n) is 4.02. The number of aryl methyl sites for hydroxylation is 2. The monoisotopic (exact) mass is 486 g/mol. The van der Waals surface area contributed by atoms with E-state index in [1.807, 2.05) is 16.7 Å². The first-order chi connectivity index (χ1) is 15.2. The van der Waals surface area contributed by atoms with E-state index in [1.165, 1.54) is 40.0 Å². The van der Waals surface area contributed by atoms with Gasteiger partial charge in [-0.05, 0) is 37.7 Å². The van der Waals surface area contributed by atoms with E-state index in [2.05, 4.69) is 48.2 Å². The van der Waals surface area contributed by atoms with Gasteiger partial charge in [-0.25, -0.2) is 9.97 Å². The van der Waals surface area contributed by atoms with Crippen LogP contribution < -0.4 is 5.32 Å². The van der Waals surface area contributed by atoms with Crippen LogP contribution in [0.1, 0.15) is 56.1 Å². The summed E-state index contributed by atoms with van der Waals surface area (Å²) in [7, 11) is 0. The summed E-state index contributed by atoms with van der Waals surface area (Å²) in [5.74, 6) is 1.70. The van der Waals surface area contributed by atoms with Crippen LogP contribution in [0, 0.1) is 12.8 Å². The number of hydrogen-bond donors (Lipinski definition) is 1. The number of aromatic nitrogens is 5. The summed E-state index contributed by atoms with van der Waals surface area (Å²) in [5, 5.41) is 16.3. The van der Waals surface area contributed by atoms with Crippen molar-refractivity contribution >= 4 is 61.3 Å². The second kappa shape index (κ2) is 8.07. The van der Waals surface area contributed by atoms with Crippen LogP contribution in [-0.2, 0) is 23.1 Å². The zero-order valence-electron chi connectivity index (χ0n) is 18.9. The summed E-state index contributed by atoms with van der Waals surface area (Å²) in [6.45, 7) is 10.6. The molecule has 5 rings (SSSR count). The fourth-order valence-corrected chi connectivity index (χ4v) is 7.18. The normalized spacial score (nSPS) is 16.6. The molecule has 168 valence electrons. The van der Waals surface area contributed by atoms with Crippen LogP contribution >= 0.6 is 34.4 Å². The highest BCUT2D eigenvalue weighted by atomic mass is 32.2. The summed E-state index contributed by atoms with van der Waals surface area (Å²) < 4.78 is 1.99. The van der Waals surface area contributed by atoms with Crippen LogP contribution in [0.15, 0.2) is 10.5 Å². The van der Waals surface area contributed by atoms with Crippen LogP contribution in [-0.4, -0.2) is 36.2 Å². The van der Waals surface area contributed by atoms with Gasteiger partial charge in [0.15, 0.2) is 15.9 Å². The second-order valence-electron chi connectivity index (χ2n) is 9.46. The highest BCUT2D eigenvalue weighted by Gasteiger charge is 2.25. The van der Waals surface area contributed by atoms with Gasteiger partial charge >= 0.3 is 0 Å². The lowest BCUT2D eigenvalue weighted by molar-refractivity contribution is -0.113. The molecule has 1 atom stereocenters. The SMILES string of the molecule is Cc1nc2sc3c(c2c2nnc(SCC(=O)Nc4nc(C(C)(C)C)cs4)n12)CCC(C)C3. The van der Waals surface area contributed by atoms with Crippen molar-refractivity contribution in [1.82, 2.24) is 24.6 Å². The predicted molar refractivity (Wildman–Crippen MR) is 132 cm³/mol. The lowest BCUT2D eigenvalue weighted by atomic mass is 9.89. The van der Waals surface area contributed by atoms with E-state index in [1.54, 1.807) is 11.3 Å². The van der Waals surface area contributed by atoms with Gasteiger partial charge in [-0.3, -0.25) is 9.20 Å². The van der Waals surface area contributed by atoms with Crippen LogP contribution in [0.2, 0.25) is 0 Å². The standard InChI is InChI=1S/C22H26N6OS3/c1-11-6-7-13-14(8-11)32-19-17(13)18-26-27-21(28(18)12(2)23-19)31-10-16(29)25-20-24-15(9-30-20)22(3,4)5/h9,11H,6-8,10H2,1-5H3,(H,24,25,29). The molecule has 0 fully saturated rings. The van der Waals surface area contributed by atoms with Crippen LogP contribution in [0.25, 0.3) is 15.9 Å². The summed E-state index contributed by atoms with van der Waals surface area (Å²) >= 11 is 4.63. The first-order valence-corrected chi connectivity index (χ1v) is 13.4. The second-order valence-corrected chi connectivity index (χ2v) is 12.3. The van der Waals surface area contributed by atoms with Crippen molar-refractivity contribution in [2.75, 3.05) is 11.1 Å². The van der Waals surface area contributed by atoms with Crippen molar-refractivity contribution in [2.45, 2.75) is 64.5 Å². The molecule has 1 aliphatic carbocycles. The molecule has 0 saturated carbocycles. The number of thiophene rings is 1. The Morgan fingerprint density at radius 2 is 2.12 bits per heavy atom. The Balaban J connectivity index is 1.37. The van der Waals surface area contributed by atoms with E-state index < -0.39 is 0 Å². The molecule has 1 amide bonds. The van der Waals surface area contributed by atoms with Crippen molar-refractivity contribution in [3.05, 3.63) is 27.3 Å². The molecule has 7 nitrogen and oxygen atoms in total. The zero-order chi connectivity index (χ0) is 22.6. The molecule has 4 aromatic rings. The van der Waals surface area contributed by atoms with Gasteiger partial charge in [0.25, 0.3) is 0 Å². The summed E-state index contributed by atoms with van der Waals surface area (Å²) in [6.07, 6.45) is 3.38. The Labute approximate surface area is 199 Å². The average Bonchev–Trinajstić information content (AvgIpc) is 3.42. The number of thiazole rings is 1. The Morgan fingerprint density at radius 3 is 2.88 bits per heavy atom. The van der Waals surface area contributed by atoms with Crippen molar-refractivity contribution < 1.29 is 4.79 Å². The fraction of sp³-hybridized carbons (Fsp3) is 0.500. The third-order valence-corrected chi connectivity index (χ3v) is 8.62. The van der Waals surface area contributed by atoms with Crippen molar-refractivity contribution in [2.24, 2.45) is 5.92 Å². The highest BCUT2D eigenvalue weighted by molar-refractivity contribution is 7.99. The molecule has 0 bridgehead atoms. The molecule has 0 saturated heterocycles. The number of thioether (sulfide) groups is 1. The van der Waals surface area contributed by atoms with Crippen LogP contribution in [0.4, 0.5) is 5.13 Å². The van der Waals surface area contributed by atoms with Crippen molar-refractivity contribution in [1.29, 1.82) is 0 Å². The quantitative estimate of drug-likeness (QED) is 0.396. The lowest BCUT2D eigenvalue weighted by Crippen LogP contribution is -2.16. The number of rotatable bonds is 4. The largest absolute Gasteiger partial charge is 0.301 e. The number of carbonyl (C=O) groups excluding carboxylic acids is 1. The third kappa shape index (κ3) is 3.92. The minimum atomic E-state index is -0.102. The predicted octanol–water partition coefficient (Wildman–Crippen LogP) is 5.26. The molecule has 1 N–H and O–H groups in total. The van der Waals surface area contributed by atoms with Gasteiger partial charge in [0.1, 0.15) is 10.7 Å². The lowest BCUT2D eigenvalue weighted by Gasteiger charge is -2.17. The topological polar surface area (TPSA) is 85.1 Å². The number of fused-ring (bicyclic) bond motifs is 5. The Morgan fingerprint density at radius 1 is 1.31 bits per heavy atom. The molecule has 0 aliphatic heterocycles. The highest BCUT2D eigenvalue weighted by Crippen LogP contribution is 2.39. The minimum Gasteiger partial charge on any atom is -0.301 e. The Bertz CT molecular complexity index is 1330. The number of amides is 1. The summed E-state index contributed by atoms with van der Waals surface area (Å²) in [6, 6.07) is 0. The molecule has 0 aromatic carbocycles. The zero-order valence-corrected chi connectivity index (χ0v) is 21.3. The number of hydrogen-bond acceptors (Lipinski definition) is 8. The molecule has 10 heteroatoms. The van der Waals surface area contributed by atoms with E-state index in [9.17, 15) is 4.79 Å². The van der Waals surface area contributed by atoms with E-state index in [0.29, 0.717) is 16.2 Å². The number of anilines is 1. The van der Waals surface area contributed by atoms with Gasteiger partial charge < -0.3 is 5.32 Å². The van der Waals surface area contributed by atoms with Gasteiger partial charge in [-0.1, -0.05) is 39.5 Å². The average molecular weight is 487 g/mol. The van der Waals surface area contributed by atoms with E-state index >= 15 is 0 Å². The summed E-state index contributed by atoms with van der Waals surface area (Å²) in [4.78, 5) is 24.4. The van der Waals surface area contributed by atoms with Crippen LogP contribution in [0.3, 0.4) is 0 Å². The van der Waals surface area contributed by atoms with Gasteiger partial charge in [0, 0.05) is 15.7 Å². The van der Waals surface area contributed by atoms with E-state index in [-0.39, 0.29) is 17.1 Å². The maximum Gasteiger partial charge on any atom is 0.236 e. The third-order valence-electron chi connectivity index (χ3n) is 5.79. The number of nitrogens with one attached hydrogen (secondary N) is 1. The van der Waals surface area contributed by atoms with Gasteiger partial charge in [-0.15, -0.1) is 32.9 Å². The van der Waals surface area contributed by atoms with E-state index in [4.69, 9.17) is 4.98 Å². The van der Waals surface area contributed by atoms with Crippen molar-refractivity contribution in [3.8, 4) is 0 Å². The molecule has 1 aliphatic rings. The molecule has 4 heterocycles. The van der Waals surface area contributed by atoms with Gasteiger partial charge in [-0.2, -0.15) is 0 Å². The maximum absolute atomic E-state index is 12.5. The first kappa shape index (κ1) is 21.8. The molecule has 32 heavy (non-hydrogen) atoms. The summed E-state index contributed by atoms with van der Waals surface area (Å²) in [5.41, 5.74) is 3.19. The molecule has 4 aromatic heterocycles. The van der Waals surface area contributed by atoms with Crippen LogP contribution in [0.5, 0.6) is 0 Å². The molecule has 1 unspecified atom stereocenters. The molecular weight excluding hydrogens is 460 g/mol. The van der Waals surface area contributed by atoms with Gasteiger partial charge in [0.2, 0.25) is 5.91 Å².